The summed E-state index contributed by atoms with van der Waals surface area (Å²) >= 11 is 0. The van der Waals surface area contributed by atoms with E-state index in [1.54, 1.807) is 19.0 Å². The number of carbonyl (C=O) groups excluding carboxylic acids is 1. The molecule has 22 heavy (non-hydrogen) atoms. The van der Waals surface area contributed by atoms with Crippen molar-refractivity contribution < 1.29 is 4.79 Å². The third kappa shape index (κ3) is 8.25. The van der Waals surface area contributed by atoms with Gasteiger partial charge in [0.2, 0.25) is 5.91 Å². The van der Waals surface area contributed by atoms with Crippen molar-refractivity contribution in [3.05, 3.63) is 0 Å². The molecule has 1 aliphatic carbocycles. The maximum Gasteiger partial charge on any atom is 0.223 e. The molecule has 2 N–H and O–H groups in total. The summed E-state index contributed by atoms with van der Waals surface area (Å²) in [6, 6.07) is 0. The number of hydrogen-bond acceptors (Lipinski definition) is 2. The lowest BCUT2D eigenvalue weighted by Crippen LogP contribution is -2.39. The molecular weight excluding hydrogens is 276 g/mol. The van der Waals surface area contributed by atoms with Crippen molar-refractivity contribution in [2.45, 2.75) is 58.3 Å². The average molecular weight is 310 g/mol. The van der Waals surface area contributed by atoms with Crippen LogP contribution >= 0.6 is 0 Å². The van der Waals surface area contributed by atoms with Crippen molar-refractivity contribution in [2.24, 2.45) is 10.9 Å². The Balaban J connectivity index is 2.21. The fourth-order valence-corrected chi connectivity index (χ4v) is 2.90. The molecule has 0 atom stereocenters. The molecular formula is C17H34N4O. The SMILES string of the molecule is CCNC(=NCCCC1CCCCC1)NCCC(=O)N(C)C. The highest BCUT2D eigenvalue weighted by Gasteiger charge is 2.12. The average Bonchev–Trinajstić information content (AvgIpc) is 2.52. The summed E-state index contributed by atoms with van der Waals surface area (Å²) in [5.41, 5.74) is 0. The topological polar surface area (TPSA) is 56.7 Å². The van der Waals surface area contributed by atoms with Gasteiger partial charge in [0, 0.05) is 40.2 Å². The zero-order chi connectivity index (χ0) is 16.2. The summed E-state index contributed by atoms with van der Waals surface area (Å²) < 4.78 is 0. The Hall–Kier alpha value is -1.26. The van der Waals surface area contributed by atoms with Gasteiger partial charge in [-0.2, -0.15) is 0 Å². The predicted molar refractivity (Wildman–Crippen MR) is 93.1 cm³/mol. The number of nitrogens with one attached hydrogen (secondary N) is 2. The Labute approximate surface area is 135 Å². The summed E-state index contributed by atoms with van der Waals surface area (Å²) in [5, 5.41) is 6.47. The van der Waals surface area contributed by atoms with Crippen LogP contribution in [0.15, 0.2) is 4.99 Å². The summed E-state index contributed by atoms with van der Waals surface area (Å²) in [7, 11) is 3.57. The van der Waals surface area contributed by atoms with E-state index in [9.17, 15) is 4.79 Å². The smallest absolute Gasteiger partial charge is 0.223 e. The highest BCUT2D eigenvalue weighted by atomic mass is 16.2. The van der Waals surface area contributed by atoms with Gasteiger partial charge in [0.25, 0.3) is 0 Å². The molecule has 1 amide bonds. The van der Waals surface area contributed by atoms with Crippen molar-refractivity contribution in [1.82, 2.24) is 15.5 Å². The van der Waals surface area contributed by atoms with Crippen LogP contribution in [-0.4, -0.2) is 50.5 Å². The molecule has 0 radical (unpaired) electrons. The maximum atomic E-state index is 11.5. The highest BCUT2D eigenvalue weighted by molar-refractivity contribution is 5.81. The lowest BCUT2D eigenvalue weighted by Gasteiger charge is -2.21. The largest absolute Gasteiger partial charge is 0.357 e. The van der Waals surface area contributed by atoms with Crippen molar-refractivity contribution in [2.75, 3.05) is 33.7 Å². The van der Waals surface area contributed by atoms with E-state index < -0.39 is 0 Å². The van der Waals surface area contributed by atoms with E-state index in [-0.39, 0.29) is 5.91 Å². The first-order chi connectivity index (χ1) is 10.6. The van der Waals surface area contributed by atoms with Crippen molar-refractivity contribution in [3.8, 4) is 0 Å². The summed E-state index contributed by atoms with van der Waals surface area (Å²) in [6.07, 6.45) is 10.0. The minimum atomic E-state index is 0.139. The first-order valence-electron chi connectivity index (χ1n) is 8.85. The van der Waals surface area contributed by atoms with E-state index in [0.717, 1.165) is 31.4 Å². The van der Waals surface area contributed by atoms with E-state index >= 15 is 0 Å². The predicted octanol–water partition coefficient (Wildman–Crippen LogP) is 2.38. The first kappa shape index (κ1) is 18.8. The Morgan fingerprint density at radius 2 is 1.91 bits per heavy atom. The molecule has 0 bridgehead atoms. The highest BCUT2D eigenvalue weighted by Crippen LogP contribution is 2.27. The van der Waals surface area contributed by atoms with Crippen LogP contribution in [0.1, 0.15) is 58.3 Å². The molecule has 0 aromatic rings. The lowest BCUT2D eigenvalue weighted by atomic mass is 9.86. The number of nitrogens with zero attached hydrogens (tertiary/aromatic N) is 2. The summed E-state index contributed by atoms with van der Waals surface area (Å²) in [6.45, 7) is 4.40. The fraction of sp³-hybridized carbons (Fsp3) is 0.882. The van der Waals surface area contributed by atoms with Gasteiger partial charge in [0.05, 0.1) is 0 Å². The molecule has 0 unspecified atom stereocenters. The zero-order valence-electron chi connectivity index (χ0n) is 14.7. The standard InChI is InChI=1S/C17H34N4O/c1-4-18-17(20-14-12-16(22)21(2)3)19-13-8-11-15-9-6-5-7-10-15/h15H,4-14H2,1-3H3,(H2,18,19,20). The minimum absolute atomic E-state index is 0.139. The minimum Gasteiger partial charge on any atom is -0.357 e. The van der Waals surface area contributed by atoms with Crippen LogP contribution in [0.4, 0.5) is 0 Å². The van der Waals surface area contributed by atoms with Gasteiger partial charge in [-0.25, -0.2) is 0 Å². The van der Waals surface area contributed by atoms with E-state index in [0.29, 0.717) is 13.0 Å². The number of rotatable bonds is 8. The van der Waals surface area contributed by atoms with Crippen molar-refractivity contribution >= 4 is 11.9 Å². The first-order valence-corrected chi connectivity index (χ1v) is 8.85. The Morgan fingerprint density at radius 3 is 2.55 bits per heavy atom. The van der Waals surface area contributed by atoms with Gasteiger partial charge in [-0.15, -0.1) is 0 Å². The molecule has 0 aromatic heterocycles. The molecule has 0 aromatic carbocycles. The second kappa shape index (κ2) is 11.3. The number of aliphatic imine (C=N–C) groups is 1. The lowest BCUT2D eigenvalue weighted by molar-refractivity contribution is -0.128. The van der Waals surface area contributed by atoms with Crippen LogP contribution in [0.25, 0.3) is 0 Å². The van der Waals surface area contributed by atoms with Crippen LogP contribution < -0.4 is 10.6 Å². The van der Waals surface area contributed by atoms with Crippen LogP contribution in [0.2, 0.25) is 0 Å². The molecule has 128 valence electrons. The molecule has 0 aliphatic heterocycles. The molecule has 1 fully saturated rings. The molecule has 1 saturated carbocycles. The number of carbonyl (C=O) groups is 1. The van der Waals surface area contributed by atoms with Gasteiger partial charge < -0.3 is 15.5 Å². The number of amides is 1. The van der Waals surface area contributed by atoms with Crippen LogP contribution in [0.5, 0.6) is 0 Å². The van der Waals surface area contributed by atoms with Crippen LogP contribution in [0, 0.1) is 5.92 Å². The van der Waals surface area contributed by atoms with Crippen molar-refractivity contribution in [1.29, 1.82) is 0 Å². The van der Waals surface area contributed by atoms with Gasteiger partial charge in [-0.1, -0.05) is 32.1 Å². The quantitative estimate of drug-likeness (QED) is 0.411. The molecule has 5 heteroatoms. The van der Waals surface area contributed by atoms with Crippen LogP contribution in [0.3, 0.4) is 0 Å². The maximum absolute atomic E-state index is 11.5. The number of hydrogen-bond donors (Lipinski definition) is 2. The second-order valence-corrected chi connectivity index (χ2v) is 6.37. The van der Waals surface area contributed by atoms with E-state index in [1.807, 2.05) is 0 Å². The zero-order valence-corrected chi connectivity index (χ0v) is 14.7. The fourth-order valence-electron chi connectivity index (χ4n) is 2.90. The normalized spacial score (nSPS) is 16.4. The van der Waals surface area contributed by atoms with Gasteiger partial charge in [-0.05, 0) is 25.7 Å². The van der Waals surface area contributed by atoms with Crippen molar-refractivity contribution in [3.63, 3.8) is 0 Å². The Bertz CT molecular complexity index is 336. The van der Waals surface area contributed by atoms with Gasteiger partial charge in [0.1, 0.15) is 0 Å². The van der Waals surface area contributed by atoms with Gasteiger partial charge >= 0.3 is 0 Å². The monoisotopic (exact) mass is 310 g/mol. The molecule has 5 nitrogen and oxygen atoms in total. The van der Waals surface area contributed by atoms with Gasteiger partial charge in [0.15, 0.2) is 5.96 Å². The summed E-state index contributed by atoms with van der Waals surface area (Å²) in [4.78, 5) is 17.8. The molecule has 0 spiro atoms. The Kier molecular flexibility index (Phi) is 9.67. The van der Waals surface area contributed by atoms with E-state index in [2.05, 4.69) is 22.5 Å². The van der Waals surface area contributed by atoms with Gasteiger partial charge in [-0.3, -0.25) is 9.79 Å². The van der Waals surface area contributed by atoms with E-state index in [1.165, 1.54) is 38.5 Å². The second-order valence-electron chi connectivity index (χ2n) is 6.37. The number of guanidine groups is 1. The molecule has 1 rings (SSSR count). The molecule has 1 aliphatic rings. The third-order valence-electron chi connectivity index (χ3n) is 4.24. The molecule has 0 saturated heterocycles. The summed E-state index contributed by atoms with van der Waals surface area (Å²) in [5.74, 6) is 1.90. The van der Waals surface area contributed by atoms with E-state index in [4.69, 9.17) is 0 Å². The molecule has 0 heterocycles. The third-order valence-corrected chi connectivity index (χ3v) is 4.24. The van der Waals surface area contributed by atoms with Crippen LogP contribution in [-0.2, 0) is 4.79 Å². The Morgan fingerprint density at radius 1 is 1.18 bits per heavy atom.